The van der Waals surface area contributed by atoms with Gasteiger partial charge < -0.3 is 10.4 Å². The second-order valence-electron chi connectivity index (χ2n) is 5.55. The van der Waals surface area contributed by atoms with Crippen LogP contribution in [0.5, 0.6) is 5.75 Å². The van der Waals surface area contributed by atoms with Crippen molar-refractivity contribution in [3.63, 3.8) is 0 Å². The maximum Gasteiger partial charge on any atom is 0.119 e. The zero-order chi connectivity index (χ0) is 13.1. The number of rotatable bonds is 3. The van der Waals surface area contributed by atoms with Gasteiger partial charge in [-0.2, -0.15) is 0 Å². The molecular weight excluding hydrogens is 290 g/mol. The van der Waals surface area contributed by atoms with Crippen molar-refractivity contribution in [3.8, 4) is 5.75 Å². The largest absolute Gasteiger partial charge is 0.508 e. The van der Waals surface area contributed by atoms with Crippen LogP contribution in [0, 0.1) is 5.92 Å². The van der Waals surface area contributed by atoms with Gasteiger partial charge in [-0.15, -0.1) is 0 Å². The summed E-state index contributed by atoms with van der Waals surface area (Å²) >= 11 is 3.62. The summed E-state index contributed by atoms with van der Waals surface area (Å²) in [7, 11) is 0. The fraction of sp³-hybridized carbons (Fsp3) is 0.600. The molecule has 0 radical (unpaired) electrons. The second-order valence-corrected chi connectivity index (χ2v) is 6.41. The summed E-state index contributed by atoms with van der Waals surface area (Å²) in [5.74, 6) is 1.59. The molecule has 0 atom stereocenters. The summed E-state index contributed by atoms with van der Waals surface area (Å²) in [4.78, 5) is 0. The number of hydrogen-bond donors (Lipinski definition) is 2. The molecule has 18 heavy (non-hydrogen) atoms. The highest BCUT2D eigenvalue weighted by atomic mass is 79.9. The highest BCUT2D eigenvalue weighted by molar-refractivity contribution is 9.10. The number of piperidine rings is 1. The quantitative estimate of drug-likeness (QED) is 0.889. The third-order valence-electron chi connectivity index (χ3n) is 3.79. The highest BCUT2D eigenvalue weighted by Gasteiger charge is 2.17. The fourth-order valence-electron chi connectivity index (χ4n) is 2.62. The Hall–Kier alpha value is -0.540. The number of phenols is 1. The van der Waals surface area contributed by atoms with Crippen molar-refractivity contribution < 1.29 is 5.11 Å². The lowest BCUT2D eigenvalue weighted by atomic mass is 9.89. The zero-order valence-corrected chi connectivity index (χ0v) is 12.8. The van der Waals surface area contributed by atoms with Crippen molar-refractivity contribution in [1.82, 2.24) is 5.32 Å². The SMILES string of the molecule is CC(C)c1cc(O)c(CC2CCNCC2)cc1Br. The summed E-state index contributed by atoms with van der Waals surface area (Å²) < 4.78 is 1.12. The standard InChI is InChI=1S/C15H22BrNO/c1-10(2)13-9-15(18)12(8-14(13)16)7-11-3-5-17-6-4-11/h8-11,17-18H,3-7H2,1-2H3. The first-order valence-corrected chi connectivity index (χ1v) is 7.59. The van der Waals surface area contributed by atoms with Crippen LogP contribution in [-0.2, 0) is 6.42 Å². The molecule has 1 saturated heterocycles. The second kappa shape index (κ2) is 6.07. The Bertz CT molecular complexity index is 411. The molecule has 0 unspecified atom stereocenters. The highest BCUT2D eigenvalue weighted by Crippen LogP contribution is 2.33. The van der Waals surface area contributed by atoms with Crippen molar-refractivity contribution in [1.29, 1.82) is 0 Å². The molecule has 2 nitrogen and oxygen atoms in total. The fourth-order valence-corrected chi connectivity index (χ4v) is 3.47. The van der Waals surface area contributed by atoms with Gasteiger partial charge in [0.25, 0.3) is 0 Å². The van der Waals surface area contributed by atoms with E-state index >= 15 is 0 Å². The van der Waals surface area contributed by atoms with Crippen molar-refractivity contribution in [2.45, 2.75) is 39.0 Å². The van der Waals surface area contributed by atoms with Crippen LogP contribution in [0.2, 0.25) is 0 Å². The van der Waals surface area contributed by atoms with E-state index in [0.29, 0.717) is 17.6 Å². The minimum Gasteiger partial charge on any atom is -0.508 e. The molecule has 1 aromatic rings. The number of benzene rings is 1. The Morgan fingerprint density at radius 3 is 2.61 bits per heavy atom. The first-order chi connectivity index (χ1) is 8.58. The molecule has 3 heteroatoms. The molecular formula is C15H22BrNO. The maximum atomic E-state index is 10.2. The third-order valence-corrected chi connectivity index (χ3v) is 4.47. The molecule has 0 amide bonds. The third kappa shape index (κ3) is 3.27. The van der Waals surface area contributed by atoms with Gasteiger partial charge in [-0.25, -0.2) is 0 Å². The molecule has 0 aliphatic carbocycles. The summed E-state index contributed by atoms with van der Waals surface area (Å²) in [5, 5.41) is 13.5. The van der Waals surface area contributed by atoms with Crippen molar-refractivity contribution in [3.05, 3.63) is 27.7 Å². The van der Waals surface area contributed by atoms with E-state index in [0.717, 1.165) is 29.5 Å². The van der Waals surface area contributed by atoms with Gasteiger partial charge in [0.1, 0.15) is 5.75 Å². The Labute approximate surface area is 118 Å². The molecule has 1 aromatic carbocycles. The van der Waals surface area contributed by atoms with Crippen LogP contribution >= 0.6 is 15.9 Å². The number of halogens is 1. The molecule has 1 fully saturated rings. The normalized spacial score (nSPS) is 17.3. The Morgan fingerprint density at radius 2 is 2.00 bits per heavy atom. The van der Waals surface area contributed by atoms with Crippen LogP contribution in [-0.4, -0.2) is 18.2 Å². The van der Waals surface area contributed by atoms with Crippen LogP contribution in [0.15, 0.2) is 16.6 Å². The Balaban J connectivity index is 2.15. The Kier molecular flexibility index (Phi) is 4.68. The van der Waals surface area contributed by atoms with Gasteiger partial charge in [0.2, 0.25) is 0 Å². The summed E-state index contributed by atoms with van der Waals surface area (Å²) in [6.45, 7) is 6.51. The number of phenolic OH excluding ortho intramolecular Hbond substituents is 1. The van der Waals surface area contributed by atoms with Crippen molar-refractivity contribution in [2.24, 2.45) is 5.92 Å². The van der Waals surface area contributed by atoms with Gasteiger partial charge in [-0.3, -0.25) is 0 Å². The summed E-state index contributed by atoms with van der Waals surface area (Å²) in [6.07, 6.45) is 3.41. The predicted molar refractivity (Wildman–Crippen MR) is 79.2 cm³/mol. The minimum absolute atomic E-state index is 0.429. The smallest absolute Gasteiger partial charge is 0.119 e. The van der Waals surface area contributed by atoms with Crippen LogP contribution in [0.3, 0.4) is 0 Å². The van der Waals surface area contributed by atoms with Gasteiger partial charge in [0.15, 0.2) is 0 Å². The van der Waals surface area contributed by atoms with Crippen LogP contribution in [0.4, 0.5) is 0 Å². The molecule has 2 N–H and O–H groups in total. The molecule has 1 aliphatic rings. The van der Waals surface area contributed by atoms with E-state index in [-0.39, 0.29) is 0 Å². The zero-order valence-electron chi connectivity index (χ0n) is 11.2. The number of aromatic hydroxyl groups is 1. The molecule has 100 valence electrons. The monoisotopic (exact) mass is 311 g/mol. The number of hydrogen-bond acceptors (Lipinski definition) is 2. The Morgan fingerprint density at radius 1 is 1.33 bits per heavy atom. The summed E-state index contributed by atoms with van der Waals surface area (Å²) in [6, 6.07) is 4.03. The van der Waals surface area contributed by atoms with E-state index in [4.69, 9.17) is 0 Å². The molecule has 1 heterocycles. The molecule has 0 aromatic heterocycles. The van der Waals surface area contributed by atoms with E-state index < -0.39 is 0 Å². The van der Waals surface area contributed by atoms with E-state index in [1.807, 2.05) is 6.07 Å². The average molecular weight is 312 g/mol. The van der Waals surface area contributed by atoms with Gasteiger partial charge >= 0.3 is 0 Å². The predicted octanol–water partition coefficient (Wildman–Crippen LogP) is 3.82. The van der Waals surface area contributed by atoms with Crippen LogP contribution in [0.25, 0.3) is 0 Å². The lowest BCUT2D eigenvalue weighted by Gasteiger charge is -2.23. The molecule has 0 spiro atoms. The lowest BCUT2D eigenvalue weighted by molar-refractivity contribution is 0.366. The molecule has 1 aliphatic heterocycles. The van der Waals surface area contributed by atoms with Gasteiger partial charge in [0.05, 0.1) is 0 Å². The topological polar surface area (TPSA) is 32.3 Å². The molecule has 2 rings (SSSR count). The summed E-state index contributed by atoms with van der Waals surface area (Å²) in [5.41, 5.74) is 2.26. The van der Waals surface area contributed by atoms with Crippen LogP contribution in [0.1, 0.15) is 43.7 Å². The van der Waals surface area contributed by atoms with E-state index in [1.165, 1.54) is 18.4 Å². The van der Waals surface area contributed by atoms with E-state index in [9.17, 15) is 5.11 Å². The van der Waals surface area contributed by atoms with Gasteiger partial charge in [0, 0.05) is 4.47 Å². The van der Waals surface area contributed by atoms with Crippen molar-refractivity contribution in [2.75, 3.05) is 13.1 Å². The van der Waals surface area contributed by atoms with E-state index in [2.05, 4.69) is 41.2 Å². The molecule has 0 bridgehead atoms. The van der Waals surface area contributed by atoms with Crippen molar-refractivity contribution >= 4 is 15.9 Å². The maximum absolute atomic E-state index is 10.2. The first kappa shape index (κ1) is 13.9. The van der Waals surface area contributed by atoms with Crippen LogP contribution < -0.4 is 5.32 Å². The van der Waals surface area contributed by atoms with E-state index in [1.54, 1.807) is 0 Å². The first-order valence-electron chi connectivity index (χ1n) is 6.80. The number of nitrogens with one attached hydrogen (secondary N) is 1. The van der Waals surface area contributed by atoms with Gasteiger partial charge in [-0.05, 0) is 67.4 Å². The molecule has 0 saturated carbocycles. The average Bonchev–Trinajstić information content (AvgIpc) is 2.34. The lowest BCUT2D eigenvalue weighted by Crippen LogP contribution is -2.28. The minimum atomic E-state index is 0.429. The van der Waals surface area contributed by atoms with Gasteiger partial charge in [-0.1, -0.05) is 29.8 Å².